The molecular formula is C22H21FN6O. The van der Waals surface area contributed by atoms with Crippen molar-refractivity contribution in [2.45, 2.75) is 31.2 Å². The van der Waals surface area contributed by atoms with Gasteiger partial charge in [-0.05, 0) is 47.9 Å². The summed E-state index contributed by atoms with van der Waals surface area (Å²) in [7, 11) is 1.66. The molecular weight excluding hydrogens is 383 g/mol. The maximum atomic E-state index is 14.6. The predicted octanol–water partition coefficient (Wildman–Crippen LogP) is 3.73. The Bertz CT molecular complexity index is 1160. The first-order valence-corrected chi connectivity index (χ1v) is 9.98. The van der Waals surface area contributed by atoms with E-state index in [1.54, 1.807) is 42.5 Å². The van der Waals surface area contributed by atoms with E-state index in [2.05, 4.69) is 25.0 Å². The van der Waals surface area contributed by atoms with Crippen LogP contribution in [0, 0.1) is 5.82 Å². The molecule has 152 valence electrons. The number of hydrogen-bond donors (Lipinski definition) is 0. The molecule has 1 fully saturated rings. The molecule has 2 atom stereocenters. The molecule has 8 heteroatoms. The van der Waals surface area contributed by atoms with Crippen LogP contribution in [0.2, 0.25) is 0 Å². The summed E-state index contributed by atoms with van der Waals surface area (Å²) in [4.78, 5) is 17.2. The minimum absolute atomic E-state index is 0.239. The van der Waals surface area contributed by atoms with Gasteiger partial charge in [0.25, 0.3) is 0 Å². The second-order valence-electron chi connectivity index (χ2n) is 7.47. The van der Waals surface area contributed by atoms with Crippen LogP contribution in [0.3, 0.4) is 0 Å². The Morgan fingerprint density at radius 2 is 1.80 bits per heavy atom. The fourth-order valence-corrected chi connectivity index (χ4v) is 4.00. The van der Waals surface area contributed by atoms with Crippen LogP contribution in [0.25, 0.3) is 22.6 Å². The van der Waals surface area contributed by atoms with E-state index in [1.807, 2.05) is 18.5 Å². The zero-order chi connectivity index (χ0) is 20.5. The third-order valence-corrected chi connectivity index (χ3v) is 5.56. The molecule has 30 heavy (non-hydrogen) atoms. The van der Waals surface area contributed by atoms with E-state index in [1.165, 1.54) is 0 Å². The van der Waals surface area contributed by atoms with E-state index in [0.29, 0.717) is 42.2 Å². The largest absolute Gasteiger partial charge is 0.385 e. The highest BCUT2D eigenvalue weighted by atomic mass is 19.1. The van der Waals surface area contributed by atoms with Gasteiger partial charge in [-0.3, -0.25) is 4.68 Å². The van der Waals surface area contributed by atoms with Crippen molar-refractivity contribution in [3.8, 4) is 11.6 Å². The van der Waals surface area contributed by atoms with Gasteiger partial charge in [0, 0.05) is 50.4 Å². The quantitative estimate of drug-likeness (QED) is 0.437. The van der Waals surface area contributed by atoms with Crippen molar-refractivity contribution in [2.24, 2.45) is 0 Å². The van der Waals surface area contributed by atoms with Crippen molar-refractivity contribution in [2.75, 3.05) is 13.7 Å². The van der Waals surface area contributed by atoms with Gasteiger partial charge >= 0.3 is 0 Å². The van der Waals surface area contributed by atoms with Crippen LogP contribution >= 0.6 is 0 Å². The molecule has 1 aliphatic carbocycles. The number of aryl methyl sites for hydroxylation is 1. The number of hydrogen-bond acceptors (Lipinski definition) is 6. The number of rotatable bonds is 7. The van der Waals surface area contributed by atoms with E-state index in [4.69, 9.17) is 4.74 Å². The first kappa shape index (κ1) is 18.7. The fraction of sp³-hybridized carbons (Fsp3) is 0.318. The van der Waals surface area contributed by atoms with Crippen LogP contribution in [0.4, 0.5) is 4.39 Å². The van der Waals surface area contributed by atoms with Crippen molar-refractivity contribution >= 4 is 10.9 Å². The monoisotopic (exact) mass is 404 g/mol. The van der Waals surface area contributed by atoms with Gasteiger partial charge in [-0.15, -0.1) is 0 Å². The smallest absolute Gasteiger partial charge is 0.197 e. The molecule has 0 amide bonds. The minimum Gasteiger partial charge on any atom is -0.385 e. The normalized spacial score (nSPS) is 18.1. The Hall–Kier alpha value is -3.26. The van der Waals surface area contributed by atoms with Crippen LogP contribution < -0.4 is 0 Å². The summed E-state index contributed by atoms with van der Waals surface area (Å²) >= 11 is 0. The summed E-state index contributed by atoms with van der Waals surface area (Å²) in [5.74, 6) is 1.42. The van der Waals surface area contributed by atoms with Gasteiger partial charge in [0.2, 0.25) is 0 Å². The van der Waals surface area contributed by atoms with E-state index in [-0.39, 0.29) is 5.82 Å². The Kier molecular flexibility index (Phi) is 4.92. The standard InChI is InChI=1S/C22H21FN6O/c1-30-9-3-8-29-20-18(13-28-29)15(4-5-19(20)23)17-10-16(17)14-11-26-22(27-12-14)21-24-6-2-7-25-21/h2,4-7,11-13,16-17H,3,8-10H2,1H3. The summed E-state index contributed by atoms with van der Waals surface area (Å²) in [6.07, 6.45) is 10.6. The SMILES string of the molecule is COCCCn1ncc2c(C3CC3c3cnc(-c4ncccn4)nc3)ccc(F)c21. The van der Waals surface area contributed by atoms with Crippen molar-refractivity contribution in [3.63, 3.8) is 0 Å². The molecule has 1 aromatic carbocycles. The number of benzene rings is 1. The molecule has 0 saturated heterocycles. The highest BCUT2D eigenvalue weighted by Crippen LogP contribution is 2.55. The molecule has 1 aliphatic rings. The maximum Gasteiger partial charge on any atom is 0.197 e. The van der Waals surface area contributed by atoms with Crippen molar-refractivity contribution in [1.82, 2.24) is 29.7 Å². The van der Waals surface area contributed by atoms with Gasteiger partial charge in [0.05, 0.1) is 6.20 Å². The molecule has 0 aliphatic heterocycles. The lowest BCUT2D eigenvalue weighted by Gasteiger charge is -2.07. The van der Waals surface area contributed by atoms with Gasteiger partial charge in [0.1, 0.15) is 11.3 Å². The molecule has 3 aromatic heterocycles. The first-order chi connectivity index (χ1) is 14.8. The van der Waals surface area contributed by atoms with Gasteiger partial charge < -0.3 is 4.74 Å². The van der Waals surface area contributed by atoms with Crippen LogP contribution in [-0.4, -0.2) is 43.4 Å². The second kappa shape index (κ2) is 7.87. The highest BCUT2D eigenvalue weighted by Gasteiger charge is 2.41. The molecule has 4 aromatic rings. The molecule has 5 rings (SSSR count). The summed E-state index contributed by atoms with van der Waals surface area (Å²) < 4.78 is 21.4. The first-order valence-electron chi connectivity index (χ1n) is 9.98. The number of nitrogens with zero attached hydrogens (tertiary/aromatic N) is 6. The lowest BCUT2D eigenvalue weighted by molar-refractivity contribution is 0.189. The van der Waals surface area contributed by atoms with Crippen LogP contribution in [0.5, 0.6) is 0 Å². The predicted molar refractivity (Wildman–Crippen MR) is 109 cm³/mol. The summed E-state index contributed by atoms with van der Waals surface area (Å²) in [5, 5.41) is 5.31. The molecule has 2 unspecified atom stereocenters. The second-order valence-corrected chi connectivity index (χ2v) is 7.47. The lowest BCUT2D eigenvalue weighted by atomic mass is 10.0. The number of aromatic nitrogens is 6. The van der Waals surface area contributed by atoms with Crippen LogP contribution in [0.15, 0.2) is 49.2 Å². The third-order valence-electron chi connectivity index (χ3n) is 5.56. The molecule has 3 heterocycles. The number of halogens is 1. The zero-order valence-corrected chi connectivity index (χ0v) is 16.6. The highest BCUT2D eigenvalue weighted by molar-refractivity contribution is 5.84. The van der Waals surface area contributed by atoms with E-state index in [9.17, 15) is 4.39 Å². The lowest BCUT2D eigenvalue weighted by Crippen LogP contribution is -2.04. The average molecular weight is 404 g/mol. The Labute approximate surface area is 173 Å². The summed E-state index contributed by atoms with van der Waals surface area (Å²) in [6.45, 7) is 1.25. The minimum atomic E-state index is -0.239. The van der Waals surface area contributed by atoms with Crippen molar-refractivity contribution in [1.29, 1.82) is 0 Å². The molecule has 0 spiro atoms. The zero-order valence-electron chi connectivity index (χ0n) is 16.6. The number of methoxy groups -OCH3 is 1. The van der Waals surface area contributed by atoms with E-state index >= 15 is 0 Å². The Morgan fingerprint density at radius 3 is 2.57 bits per heavy atom. The maximum absolute atomic E-state index is 14.6. The Balaban J connectivity index is 1.38. The van der Waals surface area contributed by atoms with E-state index < -0.39 is 0 Å². The molecule has 7 nitrogen and oxygen atoms in total. The molecule has 0 N–H and O–H groups in total. The van der Waals surface area contributed by atoms with Crippen molar-refractivity contribution in [3.05, 3.63) is 66.1 Å². The molecule has 1 saturated carbocycles. The fourth-order valence-electron chi connectivity index (χ4n) is 4.00. The molecule has 0 radical (unpaired) electrons. The van der Waals surface area contributed by atoms with Crippen LogP contribution in [-0.2, 0) is 11.3 Å². The van der Waals surface area contributed by atoms with Gasteiger partial charge in [0.15, 0.2) is 11.6 Å². The summed E-state index contributed by atoms with van der Waals surface area (Å²) in [5.41, 5.74) is 2.77. The third kappa shape index (κ3) is 3.43. The van der Waals surface area contributed by atoms with Crippen molar-refractivity contribution < 1.29 is 9.13 Å². The van der Waals surface area contributed by atoms with Gasteiger partial charge in [-0.1, -0.05) is 6.07 Å². The molecule has 0 bridgehead atoms. The summed E-state index contributed by atoms with van der Waals surface area (Å²) in [6, 6.07) is 5.19. The topological polar surface area (TPSA) is 78.6 Å². The number of ether oxygens (including phenoxy) is 1. The van der Waals surface area contributed by atoms with Gasteiger partial charge in [-0.2, -0.15) is 5.10 Å². The average Bonchev–Trinajstić information content (AvgIpc) is 3.47. The number of fused-ring (bicyclic) bond motifs is 1. The Morgan fingerprint density at radius 1 is 1.03 bits per heavy atom. The van der Waals surface area contributed by atoms with E-state index in [0.717, 1.165) is 29.4 Å². The van der Waals surface area contributed by atoms with Crippen LogP contribution in [0.1, 0.15) is 35.8 Å². The van der Waals surface area contributed by atoms with Gasteiger partial charge in [-0.25, -0.2) is 24.3 Å².